The van der Waals surface area contributed by atoms with Gasteiger partial charge in [0, 0.05) is 24.7 Å². The fourth-order valence-electron chi connectivity index (χ4n) is 4.01. The molecule has 9 heteroatoms. The minimum absolute atomic E-state index is 0.0268. The summed E-state index contributed by atoms with van der Waals surface area (Å²) in [4.78, 5) is 13.1. The molecule has 0 aliphatic heterocycles. The Morgan fingerprint density at radius 3 is 2.16 bits per heavy atom. The van der Waals surface area contributed by atoms with Crippen LogP contribution in [0.5, 0.6) is 17.2 Å². The predicted octanol–water partition coefficient (Wildman–Crippen LogP) is 3.74. The Morgan fingerprint density at radius 1 is 0.946 bits per heavy atom. The maximum absolute atomic E-state index is 13.8. The number of aliphatic hydroxyl groups is 1. The first kappa shape index (κ1) is 27.9. The number of methoxy groups -OCH3 is 2. The second-order valence-corrected chi connectivity index (χ2v) is 8.66. The lowest BCUT2D eigenvalue weighted by Crippen LogP contribution is -2.48. The van der Waals surface area contributed by atoms with Crippen molar-refractivity contribution in [3.05, 3.63) is 88.5 Å². The van der Waals surface area contributed by atoms with E-state index in [0.717, 1.165) is 30.2 Å². The van der Waals surface area contributed by atoms with Crippen molar-refractivity contribution in [2.75, 3.05) is 20.8 Å². The standard InChI is InChI=1S/C28H32F2N2O5/c1-4-17-6-5-7-18(8-17)15-31-16-24(33)23(11-19-9-21(29)14-22(30)10-19)32-28(35)20-12-25(36-2)27(34)26(13-20)37-3/h5-10,12-14,23-24,31,33-34H,4,11,15-16H2,1-3H3,(H,32,35)/t23-,24+/m0/s1. The molecule has 2 atom stereocenters. The van der Waals surface area contributed by atoms with E-state index in [1.165, 1.54) is 31.9 Å². The minimum Gasteiger partial charge on any atom is -0.502 e. The summed E-state index contributed by atoms with van der Waals surface area (Å²) in [6.07, 6.45) is -0.215. The van der Waals surface area contributed by atoms with Gasteiger partial charge in [-0.1, -0.05) is 31.2 Å². The Labute approximate surface area is 215 Å². The SMILES string of the molecule is CCc1cccc(CNC[C@@H](O)[C@H](Cc2cc(F)cc(F)c2)NC(=O)c2cc(OC)c(O)c(OC)c2)c1. The van der Waals surface area contributed by atoms with Gasteiger partial charge in [0.1, 0.15) is 11.6 Å². The number of nitrogens with one attached hydrogen (secondary N) is 2. The van der Waals surface area contributed by atoms with Gasteiger partial charge in [-0.2, -0.15) is 0 Å². The fraction of sp³-hybridized carbons (Fsp3) is 0.321. The number of carbonyl (C=O) groups excluding carboxylic acids is 1. The van der Waals surface area contributed by atoms with Crippen LogP contribution in [0.15, 0.2) is 54.6 Å². The predicted molar refractivity (Wildman–Crippen MR) is 136 cm³/mol. The van der Waals surface area contributed by atoms with Crippen molar-refractivity contribution < 1.29 is 33.3 Å². The number of aryl methyl sites for hydroxylation is 1. The molecule has 0 unspecified atom stereocenters. The highest BCUT2D eigenvalue weighted by Crippen LogP contribution is 2.37. The third-order valence-corrected chi connectivity index (χ3v) is 5.98. The van der Waals surface area contributed by atoms with E-state index >= 15 is 0 Å². The Hall–Kier alpha value is -3.69. The molecule has 1 amide bonds. The van der Waals surface area contributed by atoms with Crippen molar-refractivity contribution in [3.8, 4) is 17.2 Å². The number of aromatic hydroxyl groups is 1. The zero-order valence-corrected chi connectivity index (χ0v) is 21.1. The summed E-state index contributed by atoms with van der Waals surface area (Å²) in [6, 6.07) is 12.9. The van der Waals surface area contributed by atoms with Gasteiger partial charge in [-0.15, -0.1) is 0 Å². The van der Waals surface area contributed by atoms with Crippen LogP contribution < -0.4 is 20.1 Å². The first-order chi connectivity index (χ1) is 17.7. The van der Waals surface area contributed by atoms with Crippen LogP contribution in [-0.2, 0) is 19.4 Å². The Morgan fingerprint density at radius 2 is 1.57 bits per heavy atom. The molecule has 3 rings (SSSR count). The van der Waals surface area contributed by atoms with Crippen LogP contribution >= 0.6 is 0 Å². The molecular weight excluding hydrogens is 482 g/mol. The van der Waals surface area contributed by atoms with Crippen LogP contribution in [-0.4, -0.2) is 49.0 Å². The lowest BCUT2D eigenvalue weighted by atomic mass is 10.00. The number of ether oxygens (including phenoxy) is 2. The normalized spacial score (nSPS) is 12.6. The Kier molecular flexibility index (Phi) is 9.82. The highest BCUT2D eigenvalue weighted by atomic mass is 19.1. The van der Waals surface area contributed by atoms with Crippen molar-refractivity contribution in [1.29, 1.82) is 0 Å². The largest absolute Gasteiger partial charge is 0.502 e. The molecule has 0 heterocycles. The van der Waals surface area contributed by atoms with Crippen molar-refractivity contribution in [3.63, 3.8) is 0 Å². The van der Waals surface area contributed by atoms with E-state index in [4.69, 9.17) is 9.47 Å². The highest BCUT2D eigenvalue weighted by Gasteiger charge is 2.24. The van der Waals surface area contributed by atoms with E-state index < -0.39 is 29.7 Å². The molecule has 0 radical (unpaired) electrons. The molecule has 4 N–H and O–H groups in total. The Balaban J connectivity index is 1.78. The topological polar surface area (TPSA) is 100 Å². The van der Waals surface area contributed by atoms with Crippen LogP contribution in [0.4, 0.5) is 8.78 Å². The van der Waals surface area contributed by atoms with Gasteiger partial charge in [-0.05, 0) is 53.8 Å². The average Bonchev–Trinajstić information content (AvgIpc) is 2.87. The number of phenolic OH excluding ortho intramolecular Hbond substituents is 1. The number of hydrogen-bond donors (Lipinski definition) is 4. The van der Waals surface area contributed by atoms with Gasteiger partial charge < -0.3 is 30.3 Å². The number of carbonyl (C=O) groups is 1. The molecule has 0 aromatic heterocycles. The van der Waals surface area contributed by atoms with Crippen LogP contribution in [0.3, 0.4) is 0 Å². The summed E-state index contributed by atoms with van der Waals surface area (Å²) in [5, 5.41) is 27.0. The smallest absolute Gasteiger partial charge is 0.251 e. The van der Waals surface area contributed by atoms with Crippen LogP contribution in [0.1, 0.15) is 34.0 Å². The van der Waals surface area contributed by atoms with Gasteiger partial charge in [0.2, 0.25) is 5.75 Å². The molecule has 0 saturated heterocycles. The zero-order valence-electron chi connectivity index (χ0n) is 21.1. The molecule has 0 aliphatic rings. The fourth-order valence-corrected chi connectivity index (χ4v) is 4.01. The molecule has 0 fully saturated rings. The van der Waals surface area contributed by atoms with Crippen LogP contribution in [0.25, 0.3) is 0 Å². The first-order valence-electron chi connectivity index (χ1n) is 11.9. The molecule has 0 bridgehead atoms. The average molecular weight is 515 g/mol. The molecule has 37 heavy (non-hydrogen) atoms. The number of halogens is 2. The summed E-state index contributed by atoms with van der Waals surface area (Å²) >= 11 is 0. The summed E-state index contributed by atoms with van der Waals surface area (Å²) in [7, 11) is 2.67. The number of hydrogen-bond acceptors (Lipinski definition) is 6. The highest BCUT2D eigenvalue weighted by molar-refractivity contribution is 5.95. The molecular formula is C28H32F2N2O5. The molecule has 198 valence electrons. The monoisotopic (exact) mass is 514 g/mol. The van der Waals surface area contributed by atoms with Crippen LogP contribution in [0.2, 0.25) is 0 Å². The van der Waals surface area contributed by atoms with Gasteiger partial charge in [0.25, 0.3) is 5.91 Å². The maximum atomic E-state index is 13.8. The number of aliphatic hydroxyl groups excluding tert-OH is 1. The van der Waals surface area contributed by atoms with Crippen molar-refractivity contribution in [2.24, 2.45) is 0 Å². The maximum Gasteiger partial charge on any atom is 0.251 e. The van der Waals surface area contributed by atoms with E-state index in [2.05, 4.69) is 23.6 Å². The lowest BCUT2D eigenvalue weighted by molar-refractivity contribution is 0.0829. The van der Waals surface area contributed by atoms with Gasteiger partial charge in [-0.3, -0.25) is 4.79 Å². The summed E-state index contributed by atoms with van der Waals surface area (Å²) in [5.41, 5.74) is 2.62. The molecule has 0 spiro atoms. The minimum atomic E-state index is -1.09. The van der Waals surface area contributed by atoms with Gasteiger partial charge in [-0.25, -0.2) is 8.78 Å². The number of phenols is 1. The third kappa shape index (κ3) is 7.65. The van der Waals surface area contributed by atoms with Crippen molar-refractivity contribution in [1.82, 2.24) is 10.6 Å². The molecule has 3 aromatic rings. The van der Waals surface area contributed by atoms with E-state index in [-0.39, 0.29) is 41.3 Å². The number of amides is 1. The summed E-state index contributed by atoms with van der Waals surface area (Å²) in [5.74, 6) is -2.29. The van der Waals surface area contributed by atoms with Crippen LogP contribution in [0, 0.1) is 11.6 Å². The van der Waals surface area contributed by atoms with Crippen molar-refractivity contribution >= 4 is 5.91 Å². The van der Waals surface area contributed by atoms with Crippen molar-refractivity contribution in [2.45, 2.75) is 38.5 Å². The third-order valence-electron chi connectivity index (χ3n) is 5.98. The first-order valence-corrected chi connectivity index (χ1v) is 11.9. The van der Waals surface area contributed by atoms with Gasteiger partial charge in [0.05, 0.1) is 26.4 Å². The van der Waals surface area contributed by atoms with Gasteiger partial charge in [0.15, 0.2) is 11.5 Å². The van der Waals surface area contributed by atoms with E-state index in [1.54, 1.807) is 0 Å². The molecule has 0 saturated carbocycles. The molecule has 3 aromatic carbocycles. The quantitative estimate of drug-likeness (QED) is 0.294. The Bertz CT molecular complexity index is 1180. The van der Waals surface area contributed by atoms with Gasteiger partial charge >= 0.3 is 0 Å². The van der Waals surface area contributed by atoms with E-state index in [0.29, 0.717) is 6.54 Å². The second kappa shape index (κ2) is 13.0. The second-order valence-electron chi connectivity index (χ2n) is 8.66. The molecule has 0 aliphatic carbocycles. The number of rotatable bonds is 12. The summed E-state index contributed by atoms with van der Waals surface area (Å²) < 4.78 is 37.8. The molecule has 7 nitrogen and oxygen atoms in total. The number of benzene rings is 3. The lowest BCUT2D eigenvalue weighted by Gasteiger charge is -2.25. The van der Waals surface area contributed by atoms with E-state index in [9.17, 15) is 23.8 Å². The van der Waals surface area contributed by atoms with E-state index in [1.807, 2.05) is 18.2 Å². The zero-order chi connectivity index (χ0) is 26.9. The summed E-state index contributed by atoms with van der Waals surface area (Å²) in [6.45, 7) is 2.67.